The summed E-state index contributed by atoms with van der Waals surface area (Å²) < 4.78 is 6.57. The normalized spacial score (nSPS) is 10.9. The minimum absolute atomic E-state index is 0.0294. The van der Waals surface area contributed by atoms with Crippen LogP contribution in [0, 0.1) is 24.0 Å². The van der Waals surface area contributed by atoms with Crippen LogP contribution in [0.1, 0.15) is 11.3 Å². The zero-order valence-electron chi connectivity index (χ0n) is 12.3. The Morgan fingerprint density at radius 2 is 2.17 bits per heavy atom. The summed E-state index contributed by atoms with van der Waals surface area (Å²) in [6.07, 6.45) is 2.77. The number of rotatable bonds is 4. The molecule has 0 spiro atoms. The second-order valence-corrected chi connectivity index (χ2v) is 5.72. The van der Waals surface area contributed by atoms with Crippen LogP contribution >= 0.6 is 11.8 Å². The number of aryl methyl sites for hydroxylation is 2. The SMILES string of the molecule is Cc1cc(Sc2nnc(-c3ccoc3C)n2N)ncc1[N+](=O)[O-]. The number of furan rings is 1. The van der Waals surface area contributed by atoms with Crippen LogP contribution in [0.4, 0.5) is 5.69 Å². The molecule has 0 aliphatic heterocycles. The van der Waals surface area contributed by atoms with Crippen molar-refractivity contribution in [1.29, 1.82) is 0 Å². The number of aromatic nitrogens is 4. The smallest absolute Gasteiger partial charge is 0.290 e. The highest BCUT2D eigenvalue weighted by atomic mass is 32.2. The van der Waals surface area contributed by atoms with Crippen LogP contribution in [-0.2, 0) is 0 Å². The molecule has 0 aromatic carbocycles. The second kappa shape index (κ2) is 5.72. The summed E-state index contributed by atoms with van der Waals surface area (Å²) in [6.45, 7) is 3.45. The zero-order chi connectivity index (χ0) is 16.6. The molecular formula is C13H12N6O3S. The molecule has 3 aromatic heterocycles. The van der Waals surface area contributed by atoms with Gasteiger partial charge in [0.15, 0.2) is 5.82 Å². The molecule has 0 unspecified atom stereocenters. The molecule has 10 heteroatoms. The standard InChI is InChI=1S/C13H12N6O3S/c1-7-5-11(15-6-10(7)19(20)21)23-13-17-16-12(18(13)14)9-3-4-22-8(9)2/h3-6H,14H2,1-2H3. The van der Waals surface area contributed by atoms with E-state index < -0.39 is 4.92 Å². The molecule has 0 saturated carbocycles. The van der Waals surface area contributed by atoms with E-state index in [0.717, 1.165) is 5.56 Å². The maximum atomic E-state index is 10.8. The number of nitrogens with zero attached hydrogens (tertiary/aromatic N) is 5. The van der Waals surface area contributed by atoms with Gasteiger partial charge in [0.2, 0.25) is 5.16 Å². The molecule has 0 atom stereocenters. The van der Waals surface area contributed by atoms with Crippen LogP contribution in [-0.4, -0.2) is 24.8 Å². The highest BCUT2D eigenvalue weighted by Gasteiger charge is 2.18. The molecule has 3 rings (SSSR count). The lowest BCUT2D eigenvalue weighted by atomic mass is 10.2. The third-order valence-electron chi connectivity index (χ3n) is 3.21. The van der Waals surface area contributed by atoms with Crippen LogP contribution in [0.15, 0.2) is 39.2 Å². The van der Waals surface area contributed by atoms with Gasteiger partial charge in [-0.2, -0.15) is 0 Å². The number of hydrogen-bond acceptors (Lipinski definition) is 8. The summed E-state index contributed by atoms with van der Waals surface area (Å²) in [5.41, 5.74) is 1.24. The first-order valence-corrected chi connectivity index (χ1v) is 7.33. The largest absolute Gasteiger partial charge is 0.469 e. The molecule has 118 valence electrons. The van der Waals surface area contributed by atoms with E-state index in [1.165, 1.54) is 22.6 Å². The van der Waals surface area contributed by atoms with Crippen LogP contribution in [0.3, 0.4) is 0 Å². The van der Waals surface area contributed by atoms with Gasteiger partial charge in [0.05, 0.1) is 16.7 Å². The van der Waals surface area contributed by atoms with Gasteiger partial charge in [-0.1, -0.05) is 0 Å². The lowest BCUT2D eigenvalue weighted by Gasteiger charge is -2.03. The van der Waals surface area contributed by atoms with E-state index in [0.29, 0.717) is 27.3 Å². The third-order valence-corrected chi connectivity index (χ3v) is 4.11. The van der Waals surface area contributed by atoms with Gasteiger partial charge in [0.1, 0.15) is 17.0 Å². The Bertz CT molecular complexity index is 888. The summed E-state index contributed by atoms with van der Waals surface area (Å²) in [4.78, 5) is 14.4. The van der Waals surface area contributed by atoms with Crippen LogP contribution in [0.5, 0.6) is 0 Å². The van der Waals surface area contributed by atoms with Gasteiger partial charge >= 0.3 is 0 Å². The van der Waals surface area contributed by atoms with Gasteiger partial charge in [0, 0.05) is 5.56 Å². The van der Waals surface area contributed by atoms with E-state index in [1.807, 2.05) is 0 Å². The lowest BCUT2D eigenvalue weighted by molar-refractivity contribution is -0.385. The number of nitrogen functional groups attached to an aromatic ring is 1. The predicted octanol–water partition coefficient (Wildman–Crippen LogP) is 2.32. The van der Waals surface area contributed by atoms with E-state index >= 15 is 0 Å². The van der Waals surface area contributed by atoms with E-state index in [-0.39, 0.29) is 5.69 Å². The highest BCUT2D eigenvalue weighted by Crippen LogP contribution is 2.30. The average molecular weight is 332 g/mol. The molecule has 3 heterocycles. The quantitative estimate of drug-likeness (QED) is 0.438. The van der Waals surface area contributed by atoms with Crippen LogP contribution in [0.2, 0.25) is 0 Å². The van der Waals surface area contributed by atoms with Crippen LogP contribution in [0.25, 0.3) is 11.4 Å². The minimum Gasteiger partial charge on any atom is -0.469 e. The highest BCUT2D eigenvalue weighted by molar-refractivity contribution is 7.99. The van der Waals surface area contributed by atoms with Gasteiger partial charge in [-0.25, -0.2) is 9.66 Å². The molecule has 0 amide bonds. The molecule has 9 nitrogen and oxygen atoms in total. The number of nitrogens with two attached hydrogens (primary N) is 1. The number of pyridine rings is 1. The van der Waals surface area contributed by atoms with E-state index in [2.05, 4.69) is 15.2 Å². The van der Waals surface area contributed by atoms with Crippen molar-refractivity contribution in [3.8, 4) is 11.4 Å². The number of hydrogen-bond donors (Lipinski definition) is 1. The van der Waals surface area contributed by atoms with Crippen molar-refractivity contribution in [2.75, 3.05) is 5.84 Å². The van der Waals surface area contributed by atoms with Crippen molar-refractivity contribution in [2.45, 2.75) is 24.0 Å². The van der Waals surface area contributed by atoms with Gasteiger partial charge in [-0.15, -0.1) is 10.2 Å². The summed E-state index contributed by atoms with van der Waals surface area (Å²) >= 11 is 1.17. The third kappa shape index (κ3) is 2.75. The first-order valence-electron chi connectivity index (χ1n) is 6.51. The van der Waals surface area contributed by atoms with Crippen molar-refractivity contribution in [3.63, 3.8) is 0 Å². The van der Waals surface area contributed by atoms with Crippen LogP contribution < -0.4 is 5.84 Å². The van der Waals surface area contributed by atoms with E-state index in [1.54, 1.807) is 32.2 Å². The van der Waals surface area contributed by atoms with E-state index in [4.69, 9.17) is 10.3 Å². The van der Waals surface area contributed by atoms with Crippen molar-refractivity contribution in [3.05, 3.63) is 46.0 Å². The van der Waals surface area contributed by atoms with Crippen molar-refractivity contribution in [2.24, 2.45) is 0 Å². The van der Waals surface area contributed by atoms with Gasteiger partial charge < -0.3 is 10.3 Å². The fourth-order valence-electron chi connectivity index (χ4n) is 2.01. The number of nitro groups is 1. The summed E-state index contributed by atoms with van der Waals surface area (Å²) in [6, 6.07) is 3.37. The molecular weight excluding hydrogens is 320 g/mol. The Hall–Kier alpha value is -2.88. The summed E-state index contributed by atoms with van der Waals surface area (Å²) in [5, 5.41) is 19.9. The Kier molecular flexibility index (Phi) is 3.74. The van der Waals surface area contributed by atoms with Crippen molar-refractivity contribution in [1.82, 2.24) is 19.9 Å². The predicted molar refractivity (Wildman–Crippen MR) is 82.4 cm³/mol. The molecule has 0 saturated heterocycles. The Morgan fingerprint density at radius 3 is 2.78 bits per heavy atom. The zero-order valence-corrected chi connectivity index (χ0v) is 13.1. The Balaban J connectivity index is 1.90. The summed E-state index contributed by atoms with van der Waals surface area (Å²) in [5.74, 6) is 7.18. The van der Waals surface area contributed by atoms with Gasteiger partial charge in [-0.05, 0) is 37.7 Å². The molecule has 2 N–H and O–H groups in total. The van der Waals surface area contributed by atoms with Gasteiger partial charge in [-0.3, -0.25) is 10.1 Å². The molecule has 3 aromatic rings. The fraction of sp³-hybridized carbons (Fsp3) is 0.154. The molecule has 0 aliphatic carbocycles. The molecule has 0 radical (unpaired) electrons. The Morgan fingerprint density at radius 1 is 1.39 bits per heavy atom. The fourth-order valence-corrected chi connectivity index (χ4v) is 2.81. The minimum atomic E-state index is -0.470. The average Bonchev–Trinajstić information content (AvgIpc) is 3.06. The second-order valence-electron chi connectivity index (χ2n) is 4.73. The van der Waals surface area contributed by atoms with Crippen molar-refractivity contribution >= 4 is 17.4 Å². The molecule has 23 heavy (non-hydrogen) atoms. The first kappa shape index (κ1) is 15.0. The summed E-state index contributed by atoms with van der Waals surface area (Å²) in [7, 11) is 0. The van der Waals surface area contributed by atoms with E-state index in [9.17, 15) is 10.1 Å². The first-order chi connectivity index (χ1) is 11.0. The maximum absolute atomic E-state index is 10.8. The Labute approximate surface area is 134 Å². The van der Waals surface area contributed by atoms with Crippen molar-refractivity contribution < 1.29 is 9.34 Å². The molecule has 0 bridgehead atoms. The molecule has 0 fully saturated rings. The maximum Gasteiger partial charge on any atom is 0.290 e. The lowest BCUT2D eigenvalue weighted by Crippen LogP contribution is -2.11. The molecule has 0 aliphatic rings. The monoisotopic (exact) mass is 332 g/mol. The van der Waals surface area contributed by atoms with Gasteiger partial charge in [0.25, 0.3) is 5.69 Å². The topological polar surface area (TPSA) is 126 Å².